The zero-order valence-corrected chi connectivity index (χ0v) is 13.8. The molecule has 5 nitrogen and oxygen atoms in total. The summed E-state index contributed by atoms with van der Waals surface area (Å²) in [6.45, 7) is 2.34. The highest BCUT2D eigenvalue weighted by molar-refractivity contribution is 9.10. The van der Waals surface area contributed by atoms with Gasteiger partial charge in [0, 0.05) is 18.1 Å². The number of benzene rings is 1. The minimum Gasteiger partial charge on any atom is -0.392 e. The molecule has 1 aromatic rings. The summed E-state index contributed by atoms with van der Waals surface area (Å²) in [6, 6.07) is 4.60. The molecule has 1 heterocycles. The third-order valence-corrected chi connectivity index (χ3v) is 6.50. The Morgan fingerprint density at radius 3 is 2.70 bits per heavy atom. The van der Waals surface area contributed by atoms with Crippen LogP contribution in [-0.2, 0) is 21.4 Å². The third kappa shape index (κ3) is 2.92. The number of ether oxygens (including phenoxy) is 1. The molecule has 0 bridgehead atoms. The topological polar surface area (TPSA) is 66.8 Å². The van der Waals surface area contributed by atoms with Crippen molar-refractivity contribution in [2.75, 3.05) is 13.7 Å². The summed E-state index contributed by atoms with van der Waals surface area (Å²) in [7, 11) is -2.01. The molecular weight excluding hydrogens is 346 g/mol. The molecule has 0 radical (unpaired) electrons. The average Bonchev–Trinajstić information content (AvgIpc) is 2.83. The van der Waals surface area contributed by atoms with E-state index in [0.29, 0.717) is 23.1 Å². The van der Waals surface area contributed by atoms with Crippen LogP contribution in [0.25, 0.3) is 0 Å². The van der Waals surface area contributed by atoms with Crippen LogP contribution in [0.3, 0.4) is 0 Å². The van der Waals surface area contributed by atoms with Gasteiger partial charge in [-0.1, -0.05) is 6.07 Å². The maximum Gasteiger partial charge on any atom is 0.244 e. The highest BCUT2D eigenvalue weighted by atomic mass is 79.9. The molecule has 2 unspecified atom stereocenters. The lowest BCUT2D eigenvalue weighted by molar-refractivity contribution is 0.102. The van der Waals surface area contributed by atoms with Crippen LogP contribution in [0.15, 0.2) is 27.6 Å². The lowest BCUT2D eigenvalue weighted by Gasteiger charge is -2.26. The van der Waals surface area contributed by atoms with Crippen LogP contribution >= 0.6 is 15.9 Å². The van der Waals surface area contributed by atoms with Gasteiger partial charge in [-0.25, -0.2) is 8.42 Å². The van der Waals surface area contributed by atoms with Crippen molar-refractivity contribution in [1.82, 2.24) is 4.31 Å². The van der Waals surface area contributed by atoms with Gasteiger partial charge < -0.3 is 9.84 Å². The second kappa shape index (κ2) is 6.11. The van der Waals surface area contributed by atoms with Gasteiger partial charge in [0.15, 0.2) is 0 Å². The maximum atomic E-state index is 12.7. The van der Waals surface area contributed by atoms with E-state index >= 15 is 0 Å². The summed E-state index contributed by atoms with van der Waals surface area (Å²) < 4.78 is 32.6. The number of likely N-dealkylation sites (N-methyl/N-ethyl adjacent to an activating group) is 1. The Morgan fingerprint density at radius 2 is 2.20 bits per heavy atom. The Hall–Kier alpha value is -0.470. The number of nitrogens with zero attached hydrogens (tertiary/aromatic N) is 1. The van der Waals surface area contributed by atoms with Crippen LogP contribution in [0.1, 0.15) is 18.9 Å². The summed E-state index contributed by atoms with van der Waals surface area (Å²) in [5.41, 5.74) is 0.663. The number of sulfonamides is 1. The van der Waals surface area contributed by atoms with E-state index in [4.69, 9.17) is 9.84 Å². The molecule has 1 aromatic carbocycles. The molecule has 0 amide bonds. The smallest absolute Gasteiger partial charge is 0.244 e. The first-order valence-corrected chi connectivity index (χ1v) is 8.60. The predicted molar refractivity (Wildman–Crippen MR) is 78.8 cm³/mol. The highest BCUT2D eigenvalue weighted by Crippen LogP contribution is 2.29. The summed E-state index contributed by atoms with van der Waals surface area (Å²) in [4.78, 5) is 0.205. The van der Waals surface area contributed by atoms with Gasteiger partial charge in [0.1, 0.15) is 0 Å². The number of aliphatic hydroxyl groups excluding tert-OH is 1. The summed E-state index contributed by atoms with van der Waals surface area (Å²) in [5, 5.41) is 9.08. The van der Waals surface area contributed by atoms with Crippen molar-refractivity contribution in [2.24, 2.45) is 0 Å². The fourth-order valence-corrected chi connectivity index (χ4v) is 4.91. The maximum absolute atomic E-state index is 12.7. The van der Waals surface area contributed by atoms with Crippen LogP contribution < -0.4 is 0 Å². The lowest BCUT2D eigenvalue weighted by Crippen LogP contribution is -2.41. The van der Waals surface area contributed by atoms with Gasteiger partial charge in [0.2, 0.25) is 10.0 Å². The van der Waals surface area contributed by atoms with Crippen molar-refractivity contribution < 1.29 is 18.3 Å². The highest BCUT2D eigenvalue weighted by Gasteiger charge is 2.36. The summed E-state index contributed by atoms with van der Waals surface area (Å²) in [6.07, 6.45) is 0.591. The molecule has 0 spiro atoms. The monoisotopic (exact) mass is 363 g/mol. The third-order valence-electron chi connectivity index (χ3n) is 3.64. The van der Waals surface area contributed by atoms with E-state index in [1.807, 2.05) is 6.92 Å². The standard InChI is InChI=1S/C13H18BrNO4S/c1-9-12(5-6-19-9)15(2)20(17,18)13-4-3-10(8-16)7-11(13)14/h3-4,7,9,12,16H,5-6,8H2,1-2H3. The number of rotatable bonds is 4. The number of hydrogen-bond donors (Lipinski definition) is 1. The first-order valence-electron chi connectivity index (χ1n) is 6.37. The molecule has 0 aliphatic carbocycles. The second-order valence-corrected chi connectivity index (χ2v) is 7.70. The summed E-state index contributed by atoms with van der Waals surface area (Å²) >= 11 is 3.27. The van der Waals surface area contributed by atoms with Gasteiger partial charge in [-0.05, 0) is 47.0 Å². The molecule has 1 saturated heterocycles. The molecule has 1 aliphatic rings. The Balaban J connectivity index is 2.34. The van der Waals surface area contributed by atoms with Gasteiger partial charge in [-0.2, -0.15) is 4.31 Å². The van der Waals surface area contributed by atoms with Crippen molar-refractivity contribution in [3.05, 3.63) is 28.2 Å². The SMILES string of the molecule is CC1OCCC1N(C)S(=O)(=O)c1ccc(CO)cc1Br. The minimum absolute atomic E-state index is 0.106. The van der Waals surface area contributed by atoms with E-state index in [9.17, 15) is 8.42 Å². The van der Waals surface area contributed by atoms with Crippen LogP contribution in [0.5, 0.6) is 0 Å². The van der Waals surface area contributed by atoms with E-state index in [-0.39, 0.29) is 23.6 Å². The van der Waals surface area contributed by atoms with Crippen LogP contribution in [0.2, 0.25) is 0 Å². The van der Waals surface area contributed by atoms with E-state index in [2.05, 4.69) is 15.9 Å². The molecule has 7 heteroatoms. The van der Waals surface area contributed by atoms with Crippen LogP contribution in [-0.4, -0.2) is 43.6 Å². The van der Waals surface area contributed by atoms with Crippen LogP contribution in [0.4, 0.5) is 0 Å². The molecule has 2 rings (SSSR count). The molecule has 112 valence electrons. The Kier molecular flexibility index (Phi) is 4.86. The molecule has 1 N–H and O–H groups in total. The summed E-state index contributed by atoms with van der Waals surface area (Å²) in [5.74, 6) is 0. The fourth-order valence-electron chi connectivity index (χ4n) is 2.38. The van der Waals surface area contributed by atoms with Gasteiger partial charge in [-0.15, -0.1) is 0 Å². The largest absolute Gasteiger partial charge is 0.392 e. The first-order chi connectivity index (χ1) is 9.37. The van der Waals surface area contributed by atoms with Crippen molar-refractivity contribution in [3.63, 3.8) is 0 Å². The number of halogens is 1. The Labute approximate surface area is 127 Å². The van der Waals surface area contributed by atoms with Gasteiger partial charge in [0.05, 0.1) is 23.6 Å². The molecule has 1 fully saturated rings. The van der Waals surface area contributed by atoms with Gasteiger partial charge in [-0.3, -0.25) is 0 Å². The molecule has 1 aliphatic heterocycles. The Morgan fingerprint density at radius 1 is 1.50 bits per heavy atom. The molecule has 20 heavy (non-hydrogen) atoms. The van der Waals surface area contributed by atoms with Crippen LogP contribution in [0, 0.1) is 0 Å². The lowest BCUT2D eigenvalue weighted by atomic mass is 10.2. The zero-order chi connectivity index (χ0) is 14.9. The Bertz CT molecular complexity index is 590. The van der Waals surface area contributed by atoms with E-state index in [1.54, 1.807) is 19.2 Å². The second-order valence-electron chi connectivity index (χ2n) is 4.88. The van der Waals surface area contributed by atoms with Crippen molar-refractivity contribution >= 4 is 26.0 Å². The molecule has 2 atom stereocenters. The van der Waals surface area contributed by atoms with Crippen molar-refractivity contribution in [3.8, 4) is 0 Å². The zero-order valence-electron chi connectivity index (χ0n) is 11.4. The molecule has 0 saturated carbocycles. The first kappa shape index (κ1) is 15.9. The minimum atomic E-state index is -3.59. The fraction of sp³-hybridized carbons (Fsp3) is 0.538. The van der Waals surface area contributed by atoms with Crippen molar-refractivity contribution in [2.45, 2.75) is 37.0 Å². The van der Waals surface area contributed by atoms with E-state index in [1.165, 1.54) is 10.4 Å². The average molecular weight is 364 g/mol. The van der Waals surface area contributed by atoms with Gasteiger partial charge in [0.25, 0.3) is 0 Å². The number of aliphatic hydroxyl groups is 1. The van der Waals surface area contributed by atoms with E-state index in [0.717, 1.165) is 0 Å². The predicted octanol–water partition coefficient (Wildman–Crippen LogP) is 1.74. The van der Waals surface area contributed by atoms with E-state index < -0.39 is 10.0 Å². The molecular formula is C13H18BrNO4S. The number of hydrogen-bond acceptors (Lipinski definition) is 4. The molecule has 0 aromatic heterocycles. The van der Waals surface area contributed by atoms with Gasteiger partial charge >= 0.3 is 0 Å². The normalized spacial score (nSPS) is 23.4. The quantitative estimate of drug-likeness (QED) is 0.884. The van der Waals surface area contributed by atoms with Crippen molar-refractivity contribution in [1.29, 1.82) is 0 Å².